The largest absolute Gasteiger partial charge is 0.396 e. The Hall–Kier alpha value is -0.670. The molecular weight excluding hydrogens is 230 g/mol. The van der Waals surface area contributed by atoms with Crippen LogP contribution in [0, 0.1) is 5.92 Å². The van der Waals surface area contributed by atoms with Gasteiger partial charge in [-0.05, 0) is 54.4 Å². The third kappa shape index (κ3) is 4.25. The summed E-state index contributed by atoms with van der Waals surface area (Å²) in [5.74, 6) is 3.46. The second-order valence-corrected chi connectivity index (χ2v) is 5.79. The van der Waals surface area contributed by atoms with Crippen LogP contribution in [0.3, 0.4) is 0 Å². The Morgan fingerprint density at radius 2 is 2.35 bits per heavy atom. The van der Waals surface area contributed by atoms with Gasteiger partial charge in [-0.1, -0.05) is 12.1 Å². The Morgan fingerprint density at radius 3 is 3.12 bits per heavy atom. The highest BCUT2D eigenvalue weighted by Gasteiger charge is 2.14. The van der Waals surface area contributed by atoms with Crippen LogP contribution in [0.4, 0.5) is 5.69 Å². The van der Waals surface area contributed by atoms with Gasteiger partial charge in [0.05, 0.1) is 0 Å². The van der Waals surface area contributed by atoms with Crippen molar-refractivity contribution in [2.24, 2.45) is 5.92 Å². The summed E-state index contributed by atoms with van der Waals surface area (Å²) in [6.07, 6.45) is 3.16. The molecule has 17 heavy (non-hydrogen) atoms. The lowest BCUT2D eigenvalue weighted by molar-refractivity contribution is 0.288. The van der Waals surface area contributed by atoms with E-state index in [1.165, 1.54) is 29.2 Å². The van der Waals surface area contributed by atoms with Gasteiger partial charge in [0.15, 0.2) is 0 Å². The fourth-order valence-electron chi connectivity index (χ4n) is 2.13. The van der Waals surface area contributed by atoms with E-state index in [0.29, 0.717) is 0 Å². The molecule has 0 saturated carbocycles. The fourth-order valence-corrected chi connectivity index (χ4v) is 3.41. The van der Waals surface area contributed by atoms with E-state index in [9.17, 15) is 0 Å². The normalized spacial score (nSPS) is 19.5. The summed E-state index contributed by atoms with van der Waals surface area (Å²) < 4.78 is 0. The molecule has 1 fully saturated rings. The minimum absolute atomic E-state index is 0.275. The topological polar surface area (TPSA) is 32.3 Å². The zero-order valence-corrected chi connectivity index (χ0v) is 11.0. The molecule has 94 valence electrons. The average Bonchev–Trinajstić information content (AvgIpc) is 2.87. The highest BCUT2D eigenvalue weighted by molar-refractivity contribution is 7.99. The van der Waals surface area contributed by atoms with E-state index < -0.39 is 0 Å². The minimum Gasteiger partial charge on any atom is -0.396 e. The van der Waals surface area contributed by atoms with Crippen LogP contribution >= 0.6 is 11.8 Å². The molecule has 2 rings (SSSR count). The van der Waals surface area contributed by atoms with Gasteiger partial charge in [0, 0.05) is 18.8 Å². The van der Waals surface area contributed by atoms with E-state index in [2.05, 4.69) is 41.3 Å². The number of thioether (sulfide) groups is 1. The standard InChI is InChI=1S/C14H21NOS/c16-7-2-4-12-3-1-5-14(9-12)15-10-13-6-8-17-11-13/h1,3,5,9,13,15-16H,2,4,6-8,10-11H2. The second-order valence-electron chi connectivity index (χ2n) is 4.64. The van der Waals surface area contributed by atoms with E-state index in [1.54, 1.807) is 0 Å². The van der Waals surface area contributed by atoms with Crippen molar-refractivity contribution < 1.29 is 5.11 Å². The van der Waals surface area contributed by atoms with Crippen LogP contribution in [0.1, 0.15) is 18.4 Å². The lowest BCUT2D eigenvalue weighted by Crippen LogP contribution is -2.13. The predicted octanol–water partition coefficient (Wildman–Crippen LogP) is 2.78. The zero-order valence-electron chi connectivity index (χ0n) is 10.2. The molecule has 0 bridgehead atoms. The van der Waals surface area contributed by atoms with Crippen LogP contribution < -0.4 is 5.32 Å². The van der Waals surface area contributed by atoms with Gasteiger partial charge in [-0.15, -0.1) is 0 Å². The summed E-state index contributed by atoms with van der Waals surface area (Å²) in [4.78, 5) is 0. The van der Waals surface area contributed by atoms with Crippen LogP contribution in [0.5, 0.6) is 0 Å². The Bertz CT molecular complexity index is 337. The van der Waals surface area contributed by atoms with Gasteiger partial charge in [-0.2, -0.15) is 11.8 Å². The van der Waals surface area contributed by atoms with E-state index in [1.807, 2.05) is 0 Å². The summed E-state index contributed by atoms with van der Waals surface area (Å²) in [5.41, 5.74) is 2.53. The maximum absolute atomic E-state index is 8.83. The summed E-state index contributed by atoms with van der Waals surface area (Å²) in [5, 5.41) is 12.4. The van der Waals surface area contributed by atoms with Crippen molar-refractivity contribution in [3.63, 3.8) is 0 Å². The first kappa shape index (κ1) is 12.8. The number of anilines is 1. The van der Waals surface area contributed by atoms with E-state index in [0.717, 1.165) is 25.3 Å². The molecule has 1 aromatic carbocycles. The number of rotatable bonds is 6. The van der Waals surface area contributed by atoms with Crippen molar-refractivity contribution in [2.75, 3.05) is 30.0 Å². The first-order valence-electron chi connectivity index (χ1n) is 6.40. The second kappa shape index (κ2) is 6.92. The van der Waals surface area contributed by atoms with E-state index in [4.69, 9.17) is 5.11 Å². The van der Waals surface area contributed by atoms with Gasteiger partial charge in [0.25, 0.3) is 0 Å². The Morgan fingerprint density at radius 1 is 1.41 bits per heavy atom. The Labute approximate surface area is 108 Å². The van der Waals surface area contributed by atoms with Crippen LogP contribution in [-0.4, -0.2) is 29.8 Å². The first-order valence-corrected chi connectivity index (χ1v) is 7.55. The quantitative estimate of drug-likeness (QED) is 0.815. The summed E-state index contributed by atoms with van der Waals surface area (Å²) in [7, 11) is 0. The van der Waals surface area contributed by atoms with Crippen molar-refractivity contribution in [2.45, 2.75) is 19.3 Å². The lowest BCUT2D eigenvalue weighted by atomic mass is 10.1. The molecule has 0 aromatic heterocycles. The number of aliphatic hydroxyl groups is 1. The molecule has 1 atom stereocenters. The minimum atomic E-state index is 0.275. The van der Waals surface area contributed by atoms with Gasteiger partial charge in [-0.3, -0.25) is 0 Å². The Balaban J connectivity index is 1.82. The molecule has 0 spiro atoms. The first-order chi connectivity index (χ1) is 8.38. The molecule has 1 aliphatic heterocycles. The molecule has 3 heteroatoms. The van der Waals surface area contributed by atoms with E-state index in [-0.39, 0.29) is 6.61 Å². The number of aliphatic hydroxyl groups excluding tert-OH is 1. The van der Waals surface area contributed by atoms with Gasteiger partial charge in [0.1, 0.15) is 0 Å². The number of hydrogen-bond acceptors (Lipinski definition) is 3. The maximum atomic E-state index is 8.83. The van der Waals surface area contributed by atoms with E-state index >= 15 is 0 Å². The number of hydrogen-bond donors (Lipinski definition) is 2. The molecule has 1 unspecified atom stereocenters. The molecule has 1 heterocycles. The van der Waals surface area contributed by atoms with Crippen LogP contribution in [0.15, 0.2) is 24.3 Å². The molecular formula is C14H21NOS. The van der Waals surface area contributed by atoms with Gasteiger partial charge in [0.2, 0.25) is 0 Å². The number of aryl methyl sites for hydroxylation is 1. The smallest absolute Gasteiger partial charge is 0.0434 e. The Kier molecular flexibility index (Phi) is 5.20. The molecule has 1 aromatic rings. The van der Waals surface area contributed by atoms with Gasteiger partial charge < -0.3 is 10.4 Å². The molecule has 1 aliphatic rings. The van der Waals surface area contributed by atoms with Crippen molar-refractivity contribution >= 4 is 17.4 Å². The zero-order chi connectivity index (χ0) is 11.9. The molecule has 2 N–H and O–H groups in total. The SMILES string of the molecule is OCCCc1cccc(NCC2CCSC2)c1. The third-order valence-corrected chi connectivity index (χ3v) is 4.40. The lowest BCUT2D eigenvalue weighted by Gasteiger charge is -2.12. The fraction of sp³-hybridized carbons (Fsp3) is 0.571. The predicted molar refractivity (Wildman–Crippen MR) is 75.8 cm³/mol. The van der Waals surface area contributed by atoms with Crippen LogP contribution in [-0.2, 0) is 6.42 Å². The van der Waals surface area contributed by atoms with Crippen molar-refractivity contribution in [1.29, 1.82) is 0 Å². The molecule has 0 amide bonds. The summed E-state index contributed by atoms with van der Waals surface area (Å²) >= 11 is 2.06. The number of benzene rings is 1. The highest BCUT2D eigenvalue weighted by Crippen LogP contribution is 2.23. The van der Waals surface area contributed by atoms with Gasteiger partial charge in [-0.25, -0.2) is 0 Å². The van der Waals surface area contributed by atoms with Crippen LogP contribution in [0.2, 0.25) is 0 Å². The third-order valence-electron chi connectivity index (χ3n) is 3.17. The van der Waals surface area contributed by atoms with Gasteiger partial charge >= 0.3 is 0 Å². The molecule has 0 radical (unpaired) electrons. The molecule has 2 nitrogen and oxygen atoms in total. The molecule has 1 saturated heterocycles. The summed E-state index contributed by atoms with van der Waals surface area (Å²) in [6, 6.07) is 8.56. The average molecular weight is 251 g/mol. The number of nitrogens with one attached hydrogen (secondary N) is 1. The van der Waals surface area contributed by atoms with Crippen LogP contribution in [0.25, 0.3) is 0 Å². The van der Waals surface area contributed by atoms with Crippen molar-refractivity contribution in [1.82, 2.24) is 0 Å². The maximum Gasteiger partial charge on any atom is 0.0434 e. The molecule has 0 aliphatic carbocycles. The monoisotopic (exact) mass is 251 g/mol. The van der Waals surface area contributed by atoms with Crippen molar-refractivity contribution in [3.8, 4) is 0 Å². The van der Waals surface area contributed by atoms with Crippen molar-refractivity contribution in [3.05, 3.63) is 29.8 Å². The summed E-state index contributed by atoms with van der Waals surface area (Å²) in [6.45, 7) is 1.37. The highest BCUT2D eigenvalue weighted by atomic mass is 32.2.